The van der Waals surface area contributed by atoms with E-state index >= 15 is 0 Å². The van der Waals surface area contributed by atoms with Crippen molar-refractivity contribution in [1.82, 2.24) is 15.0 Å². The van der Waals surface area contributed by atoms with Crippen LogP contribution in [0.15, 0.2) is 80.4 Å². The lowest BCUT2D eigenvalue weighted by Gasteiger charge is -2.01. The molecule has 0 bridgehead atoms. The lowest BCUT2D eigenvalue weighted by atomic mass is 10.2. The van der Waals surface area contributed by atoms with Gasteiger partial charge in [-0.3, -0.25) is 4.79 Å². The van der Waals surface area contributed by atoms with Gasteiger partial charge in [0.1, 0.15) is 11.4 Å². The number of anilines is 1. The largest absolute Gasteiger partial charge is 0.463 e. The number of aromatic amines is 1. The first-order valence-electron chi connectivity index (χ1n) is 9.98. The molecule has 0 saturated heterocycles. The number of carbonyl (C=O) groups excluding carboxylic acids is 1. The Labute approximate surface area is 202 Å². The second-order valence-electron chi connectivity index (χ2n) is 6.88. The second kappa shape index (κ2) is 9.70. The van der Waals surface area contributed by atoms with E-state index in [-0.39, 0.29) is 5.91 Å². The number of halogens is 1. The summed E-state index contributed by atoms with van der Waals surface area (Å²) in [7, 11) is 0. The van der Waals surface area contributed by atoms with Gasteiger partial charge >= 0.3 is 0 Å². The molecule has 0 unspecified atom stereocenters. The van der Waals surface area contributed by atoms with Crippen LogP contribution in [0.4, 0.5) is 5.13 Å². The fourth-order valence-electron chi connectivity index (χ4n) is 3.16. The predicted molar refractivity (Wildman–Crippen MR) is 131 cm³/mol. The molecule has 1 amide bonds. The maximum Gasteiger partial charge on any atom is 0.226 e. The Hall–Kier alpha value is -3.27. The number of thioether (sulfide) groups is 1. The van der Waals surface area contributed by atoms with E-state index in [9.17, 15) is 4.79 Å². The van der Waals surface area contributed by atoms with Gasteiger partial charge in [-0.25, -0.2) is 9.97 Å². The van der Waals surface area contributed by atoms with Gasteiger partial charge in [-0.1, -0.05) is 41.6 Å². The summed E-state index contributed by atoms with van der Waals surface area (Å²) in [5.41, 5.74) is 2.97. The molecule has 4 aromatic heterocycles. The summed E-state index contributed by atoms with van der Waals surface area (Å²) in [6.45, 7) is 0. The first kappa shape index (κ1) is 21.6. The molecule has 0 aliphatic heterocycles. The summed E-state index contributed by atoms with van der Waals surface area (Å²) in [6.07, 6.45) is 3.51. The fourth-order valence-corrected chi connectivity index (χ4v) is 4.93. The molecule has 2 N–H and O–H groups in total. The zero-order valence-electron chi connectivity index (χ0n) is 17.1. The van der Waals surface area contributed by atoms with Gasteiger partial charge in [0.2, 0.25) is 5.91 Å². The van der Waals surface area contributed by atoms with Crippen molar-refractivity contribution in [1.29, 1.82) is 0 Å². The fraction of sp³-hybridized carbons (Fsp3) is 0.0870. The molecule has 4 heterocycles. The number of nitrogens with zero attached hydrogens (tertiary/aromatic N) is 2. The molecule has 0 atom stereocenters. The number of benzene rings is 1. The van der Waals surface area contributed by atoms with Crippen molar-refractivity contribution >= 4 is 45.7 Å². The number of aromatic nitrogens is 3. The van der Waals surface area contributed by atoms with E-state index < -0.39 is 0 Å². The molecular weight excluding hydrogens is 480 g/mol. The van der Waals surface area contributed by atoms with Crippen LogP contribution >= 0.6 is 34.7 Å². The van der Waals surface area contributed by atoms with Crippen LogP contribution < -0.4 is 5.32 Å². The quantitative estimate of drug-likeness (QED) is 0.228. The van der Waals surface area contributed by atoms with Crippen LogP contribution in [0.5, 0.6) is 0 Å². The van der Waals surface area contributed by atoms with E-state index in [0.717, 1.165) is 17.0 Å². The minimum absolute atomic E-state index is 0.119. The number of hydrogen-bond donors (Lipinski definition) is 2. The number of carbonyl (C=O) groups is 1. The topological polar surface area (TPSA) is 97.0 Å². The van der Waals surface area contributed by atoms with Crippen LogP contribution in [0.1, 0.15) is 6.42 Å². The molecule has 166 valence electrons. The molecule has 0 spiro atoms. The first-order chi connectivity index (χ1) is 16.2. The van der Waals surface area contributed by atoms with Crippen molar-refractivity contribution in [2.24, 2.45) is 0 Å². The summed E-state index contributed by atoms with van der Waals surface area (Å²) >= 11 is 9.05. The number of amides is 1. The van der Waals surface area contributed by atoms with E-state index in [2.05, 4.69) is 20.3 Å². The van der Waals surface area contributed by atoms with Crippen molar-refractivity contribution < 1.29 is 13.6 Å². The molecular formula is C23H17ClN4O3S2. The van der Waals surface area contributed by atoms with Crippen molar-refractivity contribution in [2.75, 3.05) is 11.1 Å². The number of H-pyrrole nitrogens is 1. The van der Waals surface area contributed by atoms with Crippen LogP contribution in [0, 0.1) is 0 Å². The zero-order valence-corrected chi connectivity index (χ0v) is 19.5. The lowest BCUT2D eigenvalue weighted by molar-refractivity contribution is -0.115. The average molecular weight is 497 g/mol. The molecule has 0 aliphatic rings. The Morgan fingerprint density at radius 3 is 2.61 bits per heavy atom. The summed E-state index contributed by atoms with van der Waals surface area (Å²) in [4.78, 5) is 24.8. The van der Waals surface area contributed by atoms with E-state index in [4.69, 9.17) is 20.4 Å². The molecule has 0 radical (unpaired) electrons. The van der Waals surface area contributed by atoms with Gasteiger partial charge in [0.05, 0.1) is 18.2 Å². The van der Waals surface area contributed by atoms with E-state index in [1.54, 1.807) is 12.5 Å². The predicted octanol–water partition coefficient (Wildman–Crippen LogP) is 6.83. The van der Waals surface area contributed by atoms with Gasteiger partial charge in [-0.2, -0.15) is 0 Å². The first-order valence-corrected chi connectivity index (χ1v) is 12.2. The molecule has 0 fully saturated rings. The minimum Gasteiger partial charge on any atom is -0.463 e. The number of hydrogen-bond acceptors (Lipinski definition) is 7. The van der Waals surface area contributed by atoms with Crippen molar-refractivity contribution in [3.63, 3.8) is 0 Å². The molecule has 0 aliphatic carbocycles. The minimum atomic E-state index is -0.119. The van der Waals surface area contributed by atoms with Crippen molar-refractivity contribution in [3.05, 3.63) is 71.5 Å². The number of rotatable bonds is 8. The maximum atomic E-state index is 12.4. The third-order valence-electron chi connectivity index (χ3n) is 4.67. The molecule has 10 heteroatoms. The molecule has 7 nitrogen and oxygen atoms in total. The van der Waals surface area contributed by atoms with Crippen LogP contribution in [0.2, 0.25) is 5.02 Å². The third-order valence-corrected chi connectivity index (χ3v) is 6.63. The molecule has 5 aromatic rings. The molecule has 33 heavy (non-hydrogen) atoms. The number of thiazole rings is 1. The monoisotopic (exact) mass is 496 g/mol. The highest BCUT2D eigenvalue weighted by molar-refractivity contribution is 7.99. The van der Waals surface area contributed by atoms with Gasteiger partial charge in [-0.05, 0) is 30.3 Å². The highest BCUT2D eigenvalue weighted by atomic mass is 35.5. The van der Waals surface area contributed by atoms with Crippen LogP contribution in [0.25, 0.3) is 34.2 Å². The van der Waals surface area contributed by atoms with Gasteiger partial charge in [0, 0.05) is 28.1 Å². The average Bonchev–Trinajstić information content (AvgIpc) is 3.60. The SMILES string of the molecule is O=C(CCSc1nc(-c2ccco2)c(-c2ccco2)[nH]1)Nc1nc(-c2ccccc2Cl)cs1. The van der Waals surface area contributed by atoms with Crippen molar-refractivity contribution in [2.45, 2.75) is 11.6 Å². The smallest absolute Gasteiger partial charge is 0.226 e. The van der Waals surface area contributed by atoms with Gasteiger partial charge in [-0.15, -0.1) is 11.3 Å². The van der Waals surface area contributed by atoms with Crippen LogP contribution in [-0.4, -0.2) is 26.6 Å². The van der Waals surface area contributed by atoms with E-state index in [0.29, 0.717) is 44.7 Å². The van der Waals surface area contributed by atoms with Gasteiger partial charge < -0.3 is 19.1 Å². The number of furan rings is 2. The standard InChI is InChI=1S/C23H17ClN4O3S2/c24-15-6-2-1-5-14(15)16-13-33-22(25-16)26-19(29)9-12-32-23-27-20(17-7-3-10-30-17)21(28-23)18-8-4-11-31-18/h1-8,10-11,13H,9,12H2,(H,27,28)(H,25,26,29). The normalized spacial score (nSPS) is 11.1. The Morgan fingerprint density at radius 2 is 1.85 bits per heavy atom. The van der Waals surface area contributed by atoms with Gasteiger partial charge in [0.15, 0.2) is 21.8 Å². The van der Waals surface area contributed by atoms with Crippen molar-refractivity contribution in [3.8, 4) is 34.2 Å². The Kier molecular flexibility index (Phi) is 6.34. The van der Waals surface area contributed by atoms with E-state index in [1.807, 2.05) is 53.9 Å². The lowest BCUT2D eigenvalue weighted by Crippen LogP contribution is -2.12. The number of nitrogens with one attached hydrogen (secondary N) is 2. The van der Waals surface area contributed by atoms with Crippen LogP contribution in [0.3, 0.4) is 0 Å². The summed E-state index contributed by atoms with van der Waals surface area (Å²) < 4.78 is 11.0. The molecule has 0 saturated carbocycles. The van der Waals surface area contributed by atoms with Crippen LogP contribution in [-0.2, 0) is 4.79 Å². The third kappa shape index (κ3) is 4.90. The Bertz CT molecular complexity index is 1310. The summed E-state index contributed by atoms with van der Waals surface area (Å²) in [5.74, 6) is 1.72. The molecule has 1 aromatic carbocycles. The molecule has 5 rings (SSSR count). The second-order valence-corrected chi connectivity index (χ2v) is 9.23. The highest BCUT2D eigenvalue weighted by Crippen LogP contribution is 2.33. The summed E-state index contributed by atoms with van der Waals surface area (Å²) in [6, 6.07) is 14.8. The Balaban J connectivity index is 1.20. The zero-order chi connectivity index (χ0) is 22.6. The highest BCUT2D eigenvalue weighted by Gasteiger charge is 2.18. The number of imidazole rings is 1. The maximum absolute atomic E-state index is 12.4. The Morgan fingerprint density at radius 1 is 1.06 bits per heavy atom. The van der Waals surface area contributed by atoms with Gasteiger partial charge in [0.25, 0.3) is 0 Å². The summed E-state index contributed by atoms with van der Waals surface area (Å²) in [5, 5.41) is 6.57. The van der Waals surface area contributed by atoms with E-state index in [1.165, 1.54) is 23.1 Å².